The summed E-state index contributed by atoms with van der Waals surface area (Å²) in [5.41, 5.74) is 2.00. The minimum Gasteiger partial charge on any atom is -0.494 e. The van der Waals surface area contributed by atoms with Gasteiger partial charge in [-0.15, -0.1) is 0 Å². The van der Waals surface area contributed by atoms with Gasteiger partial charge < -0.3 is 19.3 Å². The molecule has 1 saturated heterocycles. The second-order valence-electron chi connectivity index (χ2n) is 8.14. The largest absolute Gasteiger partial charge is 0.494 e. The van der Waals surface area contributed by atoms with Crippen molar-refractivity contribution < 1.29 is 28.9 Å². The van der Waals surface area contributed by atoms with Gasteiger partial charge in [0, 0.05) is 29.5 Å². The van der Waals surface area contributed by atoms with Crippen LogP contribution in [0.1, 0.15) is 44.2 Å². The summed E-state index contributed by atoms with van der Waals surface area (Å²) in [4.78, 5) is 24.0. The summed E-state index contributed by atoms with van der Waals surface area (Å²) >= 11 is 0. The molecule has 1 aliphatic heterocycles. The smallest absolute Gasteiger partial charge is 0.334 e. The number of cyclic esters (lactones) is 1. The zero-order valence-corrected chi connectivity index (χ0v) is 18.9. The van der Waals surface area contributed by atoms with Crippen molar-refractivity contribution in [2.45, 2.75) is 38.7 Å². The number of allylic oxidation sites excluding steroid dienone is 1. The number of carbonyl (C=O) groups is 2. The van der Waals surface area contributed by atoms with Gasteiger partial charge in [0.2, 0.25) is 0 Å². The number of rotatable bonds is 8. The van der Waals surface area contributed by atoms with Crippen LogP contribution in [-0.2, 0) is 19.1 Å². The van der Waals surface area contributed by atoms with Crippen molar-refractivity contribution in [3.63, 3.8) is 0 Å². The maximum absolute atomic E-state index is 12.1. The van der Waals surface area contributed by atoms with E-state index < -0.39 is 24.1 Å². The number of benzene rings is 2. The van der Waals surface area contributed by atoms with Crippen molar-refractivity contribution in [1.82, 2.24) is 0 Å². The van der Waals surface area contributed by atoms with Crippen molar-refractivity contribution in [3.8, 4) is 17.6 Å². The molecule has 172 valence electrons. The third kappa shape index (κ3) is 6.96. The molecule has 0 amide bonds. The Bertz CT molecular complexity index is 1060. The van der Waals surface area contributed by atoms with Crippen molar-refractivity contribution >= 4 is 11.9 Å². The maximum Gasteiger partial charge on any atom is 0.334 e. The number of ether oxygens (including phenoxy) is 3. The van der Waals surface area contributed by atoms with E-state index in [2.05, 4.69) is 11.8 Å². The number of hydrogen-bond donors (Lipinski definition) is 1. The molecule has 1 aliphatic rings. The summed E-state index contributed by atoms with van der Waals surface area (Å²) in [6.07, 6.45) is 0.859. The van der Waals surface area contributed by atoms with E-state index >= 15 is 0 Å². The van der Waals surface area contributed by atoms with Gasteiger partial charge in [-0.25, -0.2) is 4.79 Å². The number of aliphatic hydroxyl groups excluding tert-OH is 1. The highest BCUT2D eigenvalue weighted by Crippen LogP contribution is 2.32. The predicted molar refractivity (Wildman–Crippen MR) is 123 cm³/mol. The van der Waals surface area contributed by atoms with E-state index in [1.165, 1.54) is 0 Å². The summed E-state index contributed by atoms with van der Waals surface area (Å²) in [6, 6.07) is 17.2. The monoisotopic (exact) mass is 448 g/mol. The topological polar surface area (TPSA) is 82.1 Å². The first kappa shape index (κ1) is 24.1. The van der Waals surface area contributed by atoms with Crippen LogP contribution in [0.25, 0.3) is 0 Å². The third-order valence-corrected chi connectivity index (χ3v) is 5.22. The van der Waals surface area contributed by atoms with Gasteiger partial charge in [0.15, 0.2) is 5.60 Å². The molecule has 2 aromatic carbocycles. The van der Waals surface area contributed by atoms with Gasteiger partial charge in [0.1, 0.15) is 12.4 Å². The first-order chi connectivity index (χ1) is 15.9. The standard InChI is InChI=1S/C27H28O6/c1-20(2)24-17-27(18-28,33-26(24)30)19-32-25(29)9-6-16-31-23-14-12-22(13-15-23)11-10-21-7-4-3-5-8-21/h3-5,7-8,12-15,28H,6,9,16-19H2,1-2H3. The van der Waals surface area contributed by atoms with E-state index in [0.29, 0.717) is 24.4 Å². The Morgan fingerprint density at radius 1 is 1.06 bits per heavy atom. The van der Waals surface area contributed by atoms with Crippen molar-refractivity contribution in [3.05, 3.63) is 76.9 Å². The first-order valence-corrected chi connectivity index (χ1v) is 10.9. The van der Waals surface area contributed by atoms with E-state index in [4.69, 9.17) is 14.2 Å². The molecule has 1 unspecified atom stereocenters. The molecule has 0 aliphatic carbocycles. The Kier molecular flexibility index (Phi) is 8.28. The lowest BCUT2D eigenvalue weighted by atomic mass is 9.97. The van der Waals surface area contributed by atoms with Crippen LogP contribution in [0.15, 0.2) is 65.7 Å². The summed E-state index contributed by atoms with van der Waals surface area (Å²) in [6.45, 7) is 3.39. The molecule has 0 bridgehead atoms. The van der Waals surface area contributed by atoms with E-state index in [0.717, 1.165) is 16.7 Å². The van der Waals surface area contributed by atoms with Crippen LogP contribution in [0.4, 0.5) is 0 Å². The average molecular weight is 449 g/mol. The summed E-state index contributed by atoms with van der Waals surface area (Å²) in [5.74, 6) is 6.01. The van der Waals surface area contributed by atoms with Crippen molar-refractivity contribution in [2.75, 3.05) is 19.8 Å². The highest BCUT2D eigenvalue weighted by Gasteiger charge is 2.44. The van der Waals surface area contributed by atoms with E-state index in [9.17, 15) is 14.7 Å². The Labute approximate surface area is 194 Å². The number of carbonyl (C=O) groups excluding carboxylic acids is 2. The van der Waals surface area contributed by atoms with Gasteiger partial charge in [-0.3, -0.25) is 4.79 Å². The van der Waals surface area contributed by atoms with Crippen molar-refractivity contribution in [2.24, 2.45) is 0 Å². The SMILES string of the molecule is CC(C)=C1CC(CO)(COC(=O)CCCOc2ccc(C#Cc3ccccc3)cc2)OC1=O. The quantitative estimate of drug-likeness (QED) is 0.286. The fraction of sp³-hybridized carbons (Fsp3) is 0.333. The van der Waals surface area contributed by atoms with Gasteiger partial charge in [0.25, 0.3) is 0 Å². The van der Waals surface area contributed by atoms with Crippen LogP contribution >= 0.6 is 0 Å². The lowest BCUT2D eigenvalue weighted by Crippen LogP contribution is -2.39. The van der Waals surface area contributed by atoms with E-state index in [1.54, 1.807) is 0 Å². The molecule has 0 aromatic heterocycles. The number of hydrogen-bond acceptors (Lipinski definition) is 6. The number of aliphatic hydroxyl groups is 1. The highest BCUT2D eigenvalue weighted by molar-refractivity contribution is 5.92. The van der Waals surface area contributed by atoms with Gasteiger partial charge in [-0.05, 0) is 56.7 Å². The molecule has 0 spiro atoms. The molecule has 0 saturated carbocycles. The molecule has 33 heavy (non-hydrogen) atoms. The van der Waals surface area contributed by atoms with Gasteiger partial charge >= 0.3 is 11.9 Å². The minimum absolute atomic E-state index is 0.158. The minimum atomic E-state index is -1.19. The Hall–Kier alpha value is -3.56. The Morgan fingerprint density at radius 2 is 1.73 bits per heavy atom. The van der Waals surface area contributed by atoms with Gasteiger partial charge in [-0.2, -0.15) is 0 Å². The highest BCUT2D eigenvalue weighted by atomic mass is 16.6. The van der Waals surface area contributed by atoms with Crippen LogP contribution in [0.5, 0.6) is 5.75 Å². The van der Waals surface area contributed by atoms with E-state index in [1.807, 2.05) is 68.4 Å². The molecular weight excluding hydrogens is 420 g/mol. The molecular formula is C27H28O6. The zero-order chi connectivity index (χ0) is 23.7. The van der Waals surface area contributed by atoms with E-state index in [-0.39, 0.29) is 19.4 Å². The summed E-state index contributed by atoms with van der Waals surface area (Å²) in [7, 11) is 0. The molecule has 3 rings (SSSR count). The normalized spacial score (nSPS) is 17.1. The lowest BCUT2D eigenvalue weighted by molar-refractivity contribution is -0.166. The Balaban J connectivity index is 1.38. The molecule has 2 aromatic rings. The molecule has 0 radical (unpaired) electrons. The summed E-state index contributed by atoms with van der Waals surface area (Å²) in [5, 5.41) is 9.68. The molecule has 1 atom stereocenters. The summed E-state index contributed by atoms with van der Waals surface area (Å²) < 4.78 is 16.2. The van der Waals surface area contributed by atoms with Crippen LogP contribution in [-0.4, -0.2) is 42.5 Å². The Morgan fingerprint density at radius 3 is 2.33 bits per heavy atom. The molecule has 1 fully saturated rings. The molecule has 1 heterocycles. The van der Waals surface area contributed by atoms with Gasteiger partial charge in [0.05, 0.1) is 13.2 Å². The fourth-order valence-electron chi connectivity index (χ4n) is 3.27. The van der Waals surface area contributed by atoms with Gasteiger partial charge in [-0.1, -0.05) is 35.6 Å². The average Bonchev–Trinajstić information content (AvgIpc) is 3.18. The second-order valence-corrected chi connectivity index (χ2v) is 8.14. The second kappa shape index (κ2) is 11.3. The fourth-order valence-corrected chi connectivity index (χ4v) is 3.27. The van der Waals surface area contributed by atoms with Crippen molar-refractivity contribution in [1.29, 1.82) is 0 Å². The molecule has 6 nitrogen and oxygen atoms in total. The first-order valence-electron chi connectivity index (χ1n) is 10.9. The maximum atomic E-state index is 12.1. The zero-order valence-electron chi connectivity index (χ0n) is 18.9. The van der Waals surface area contributed by atoms with Crippen LogP contribution in [0.3, 0.4) is 0 Å². The van der Waals surface area contributed by atoms with Crippen LogP contribution in [0, 0.1) is 11.8 Å². The molecule has 6 heteroatoms. The third-order valence-electron chi connectivity index (χ3n) is 5.22. The van der Waals surface area contributed by atoms with Crippen LogP contribution in [0.2, 0.25) is 0 Å². The van der Waals surface area contributed by atoms with Crippen LogP contribution < -0.4 is 4.74 Å². The number of esters is 2. The molecule has 1 N–H and O–H groups in total. The predicted octanol–water partition coefficient (Wildman–Crippen LogP) is 3.80. The lowest BCUT2D eigenvalue weighted by Gasteiger charge is -2.24.